The molecule has 1 aliphatic heterocycles. The second-order valence-corrected chi connectivity index (χ2v) is 3.92. The molecule has 0 saturated carbocycles. The highest BCUT2D eigenvalue weighted by Gasteiger charge is 2.15. The van der Waals surface area contributed by atoms with Gasteiger partial charge in [-0.15, -0.1) is 0 Å². The van der Waals surface area contributed by atoms with Gasteiger partial charge >= 0.3 is 0 Å². The van der Waals surface area contributed by atoms with Crippen LogP contribution in [0.15, 0.2) is 18.2 Å². The largest absolute Gasteiger partial charge is 0.507 e. The molecule has 0 amide bonds. The summed E-state index contributed by atoms with van der Waals surface area (Å²) in [4.78, 5) is 0. The molecule has 1 aromatic carbocycles. The van der Waals surface area contributed by atoms with Crippen molar-refractivity contribution in [3.63, 3.8) is 0 Å². The minimum absolute atomic E-state index is 0.192. The van der Waals surface area contributed by atoms with Gasteiger partial charge in [-0.1, -0.05) is 6.07 Å². The van der Waals surface area contributed by atoms with Crippen LogP contribution in [0.2, 0.25) is 0 Å². The first-order valence-electron chi connectivity index (χ1n) is 5.56. The lowest BCUT2D eigenvalue weighted by Gasteiger charge is -2.23. The molecule has 3 N–H and O–H groups in total. The third-order valence-electron chi connectivity index (χ3n) is 2.75. The predicted molar refractivity (Wildman–Crippen MR) is 60.5 cm³/mol. The lowest BCUT2D eigenvalue weighted by Crippen LogP contribution is -2.25. The normalized spacial score (nSPS) is 17.3. The Balaban J connectivity index is 2.01. The summed E-state index contributed by atoms with van der Waals surface area (Å²) in [6.07, 6.45) is 2.00. The number of hydrogen-bond acceptors (Lipinski definition) is 4. The smallest absolute Gasteiger partial charge is 0.123 e. The minimum atomic E-state index is 0.192. The third kappa shape index (κ3) is 2.65. The van der Waals surface area contributed by atoms with Crippen LogP contribution < -0.4 is 10.5 Å². The van der Waals surface area contributed by atoms with Crippen molar-refractivity contribution >= 4 is 0 Å². The van der Waals surface area contributed by atoms with Gasteiger partial charge in [-0.25, -0.2) is 0 Å². The number of benzene rings is 1. The Kier molecular flexibility index (Phi) is 3.64. The first kappa shape index (κ1) is 11.2. The summed E-state index contributed by atoms with van der Waals surface area (Å²) < 4.78 is 11.0. The van der Waals surface area contributed by atoms with Crippen LogP contribution in [0, 0.1) is 0 Å². The highest BCUT2D eigenvalue weighted by Crippen LogP contribution is 2.25. The second kappa shape index (κ2) is 5.18. The van der Waals surface area contributed by atoms with E-state index < -0.39 is 0 Å². The first-order chi connectivity index (χ1) is 7.79. The van der Waals surface area contributed by atoms with Crippen molar-refractivity contribution in [2.75, 3.05) is 13.2 Å². The van der Waals surface area contributed by atoms with Crippen LogP contribution in [0.5, 0.6) is 11.5 Å². The van der Waals surface area contributed by atoms with Crippen molar-refractivity contribution in [3.05, 3.63) is 23.8 Å². The Hall–Kier alpha value is -1.26. The molecular weight excluding hydrogens is 206 g/mol. The molecule has 1 saturated heterocycles. The lowest BCUT2D eigenvalue weighted by atomic mass is 10.1. The second-order valence-electron chi connectivity index (χ2n) is 3.92. The van der Waals surface area contributed by atoms with Crippen LogP contribution in [0.1, 0.15) is 18.4 Å². The van der Waals surface area contributed by atoms with Gasteiger partial charge in [0.25, 0.3) is 0 Å². The zero-order valence-electron chi connectivity index (χ0n) is 9.19. The van der Waals surface area contributed by atoms with Crippen LogP contribution in [0.25, 0.3) is 0 Å². The number of rotatable bonds is 3. The van der Waals surface area contributed by atoms with Crippen molar-refractivity contribution in [3.8, 4) is 11.5 Å². The first-order valence-corrected chi connectivity index (χ1v) is 5.56. The monoisotopic (exact) mass is 223 g/mol. The molecule has 16 heavy (non-hydrogen) atoms. The molecule has 4 nitrogen and oxygen atoms in total. The molecule has 0 atom stereocenters. The maximum absolute atomic E-state index is 9.64. The minimum Gasteiger partial charge on any atom is -0.507 e. The number of ether oxygens (including phenoxy) is 2. The van der Waals surface area contributed by atoms with Gasteiger partial charge in [-0.05, 0) is 6.07 Å². The third-order valence-corrected chi connectivity index (χ3v) is 2.75. The summed E-state index contributed by atoms with van der Waals surface area (Å²) in [5.74, 6) is 0.897. The van der Waals surface area contributed by atoms with Gasteiger partial charge in [0.1, 0.15) is 17.6 Å². The van der Waals surface area contributed by atoms with Crippen LogP contribution in [0.4, 0.5) is 0 Å². The Bertz CT molecular complexity index is 348. The molecular formula is C12H17NO3. The molecule has 0 aliphatic carbocycles. The molecule has 0 spiro atoms. The Labute approximate surface area is 95.0 Å². The average Bonchev–Trinajstić information content (AvgIpc) is 2.31. The molecule has 4 heteroatoms. The van der Waals surface area contributed by atoms with Crippen molar-refractivity contribution in [1.29, 1.82) is 0 Å². The topological polar surface area (TPSA) is 64.7 Å². The van der Waals surface area contributed by atoms with Gasteiger partial charge in [-0.2, -0.15) is 0 Å². The number of phenolic OH excluding ortho intramolecular Hbond substituents is 1. The van der Waals surface area contributed by atoms with Crippen molar-refractivity contribution in [2.24, 2.45) is 5.73 Å². The van der Waals surface area contributed by atoms with Crippen molar-refractivity contribution in [2.45, 2.75) is 25.5 Å². The Morgan fingerprint density at radius 3 is 2.75 bits per heavy atom. The van der Waals surface area contributed by atoms with Gasteiger partial charge in [-0.3, -0.25) is 0 Å². The van der Waals surface area contributed by atoms with Crippen LogP contribution in [-0.2, 0) is 11.3 Å². The molecule has 0 unspecified atom stereocenters. The fraction of sp³-hybridized carbons (Fsp3) is 0.500. The van der Waals surface area contributed by atoms with E-state index in [4.69, 9.17) is 15.2 Å². The summed E-state index contributed by atoms with van der Waals surface area (Å²) >= 11 is 0. The standard InChI is InChI=1S/C12H17NO3/c13-8-9-1-2-11(7-12(9)14)16-10-3-5-15-6-4-10/h1-2,7,10,14H,3-6,8,13H2. The number of aromatic hydroxyl groups is 1. The van der Waals surface area contributed by atoms with Gasteiger partial charge in [0, 0.05) is 31.0 Å². The van der Waals surface area contributed by atoms with Crippen LogP contribution in [-0.4, -0.2) is 24.4 Å². The van der Waals surface area contributed by atoms with E-state index in [1.165, 1.54) is 0 Å². The van der Waals surface area contributed by atoms with Crippen molar-refractivity contribution < 1.29 is 14.6 Å². The zero-order chi connectivity index (χ0) is 11.4. The van der Waals surface area contributed by atoms with Crippen LogP contribution in [0.3, 0.4) is 0 Å². The molecule has 0 radical (unpaired) electrons. The lowest BCUT2D eigenvalue weighted by molar-refractivity contribution is 0.0255. The van der Waals surface area contributed by atoms with E-state index in [2.05, 4.69) is 0 Å². The maximum Gasteiger partial charge on any atom is 0.123 e. The van der Waals surface area contributed by atoms with Crippen molar-refractivity contribution in [1.82, 2.24) is 0 Å². The van der Waals surface area contributed by atoms with E-state index in [0.29, 0.717) is 12.3 Å². The van der Waals surface area contributed by atoms with Gasteiger partial charge in [0.15, 0.2) is 0 Å². The molecule has 1 aromatic rings. The molecule has 1 heterocycles. The number of nitrogens with two attached hydrogens (primary N) is 1. The van der Waals surface area contributed by atoms with Gasteiger partial charge < -0.3 is 20.3 Å². The molecule has 2 rings (SSSR count). The van der Waals surface area contributed by atoms with Gasteiger partial charge in [0.2, 0.25) is 0 Å². The average molecular weight is 223 g/mol. The number of hydrogen-bond donors (Lipinski definition) is 2. The molecule has 1 aliphatic rings. The quantitative estimate of drug-likeness (QED) is 0.813. The van der Waals surface area contributed by atoms with E-state index in [1.807, 2.05) is 6.07 Å². The summed E-state index contributed by atoms with van der Waals surface area (Å²) in [7, 11) is 0. The highest BCUT2D eigenvalue weighted by atomic mass is 16.5. The molecule has 0 bridgehead atoms. The summed E-state index contributed by atoms with van der Waals surface area (Å²) in [5.41, 5.74) is 6.20. The fourth-order valence-corrected chi connectivity index (χ4v) is 1.78. The molecule has 88 valence electrons. The van der Waals surface area contributed by atoms with E-state index in [9.17, 15) is 5.11 Å². The zero-order valence-corrected chi connectivity index (χ0v) is 9.19. The summed E-state index contributed by atoms with van der Waals surface area (Å²) in [5, 5.41) is 9.64. The van der Waals surface area contributed by atoms with Crippen LogP contribution >= 0.6 is 0 Å². The summed E-state index contributed by atoms with van der Waals surface area (Å²) in [6.45, 7) is 1.83. The SMILES string of the molecule is NCc1ccc(OC2CCOCC2)cc1O. The van der Waals surface area contributed by atoms with E-state index in [1.54, 1.807) is 12.1 Å². The Morgan fingerprint density at radius 2 is 2.12 bits per heavy atom. The predicted octanol–water partition coefficient (Wildman–Crippen LogP) is 1.41. The van der Waals surface area contributed by atoms with E-state index >= 15 is 0 Å². The molecule has 0 aromatic heterocycles. The highest BCUT2D eigenvalue weighted by molar-refractivity contribution is 5.39. The fourth-order valence-electron chi connectivity index (χ4n) is 1.78. The van der Waals surface area contributed by atoms with Gasteiger partial charge in [0.05, 0.1) is 13.2 Å². The summed E-state index contributed by atoms with van der Waals surface area (Å²) in [6, 6.07) is 5.26. The number of phenols is 1. The van der Waals surface area contributed by atoms with E-state index in [0.717, 1.165) is 31.6 Å². The Morgan fingerprint density at radius 1 is 1.38 bits per heavy atom. The van der Waals surface area contributed by atoms with E-state index in [-0.39, 0.29) is 11.9 Å². The molecule has 1 fully saturated rings. The maximum atomic E-state index is 9.64.